The Morgan fingerprint density at radius 1 is 1.50 bits per heavy atom. The topological polar surface area (TPSA) is 32.3 Å². The molecule has 0 saturated carbocycles. The summed E-state index contributed by atoms with van der Waals surface area (Å²) < 4.78 is 0. The molecule has 2 amide bonds. The maximum Gasteiger partial charge on any atom is 0.317 e. The Hall–Kier alpha value is -0.730. The van der Waals surface area contributed by atoms with E-state index in [-0.39, 0.29) is 11.6 Å². The summed E-state index contributed by atoms with van der Waals surface area (Å²) in [6.07, 6.45) is 4.45. The molecule has 1 heterocycles. The fourth-order valence-electron chi connectivity index (χ4n) is 1.95. The summed E-state index contributed by atoms with van der Waals surface area (Å²) in [6.45, 7) is 8.12. The summed E-state index contributed by atoms with van der Waals surface area (Å²) in [6, 6.07) is 0.112. The van der Waals surface area contributed by atoms with Crippen LogP contribution in [0, 0.1) is 0 Å². The molecule has 3 nitrogen and oxygen atoms in total. The molecule has 0 aromatic rings. The van der Waals surface area contributed by atoms with Crippen molar-refractivity contribution in [2.75, 3.05) is 13.1 Å². The highest BCUT2D eigenvalue weighted by Crippen LogP contribution is 2.27. The second-order valence-corrected chi connectivity index (χ2v) is 4.65. The third-order valence-electron chi connectivity index (χ3n) is 2.95. The molecule has 0 atom stereocenters. The van der Waals surface area contributed by atoms with Crippen molar-refractivity contribution >= 4 is 6.03 Å². The SMILES string of the molecule is CCCCNC(=O)N1CCCC1(C)C. The van der Waals surface area contributed by atoms with Gasteiger partial charge in [-0.2, -0.15) is 0 Å². The zero-order valence-corrected chi connectivity index (χ0v) is 9.60. The molecule has 1 N–H and O–H groups in total. The van der Waals surface area contributed by atoms with Gasteiger partial charge in [0.25, 0.3) is 0 Å². The van der Waals surface area contributed by atoms with Crippen molar-refractivity contribution < 1.29 is 4.79 Å². The van der Waals surface area contributed by atoms with Crippen molar-refractivity contribution in [3.8, 4) is 0 Å². The van der Waals surface area contributed by atoms with Gasteiger partial charge in [0, 0.05) is 18.6 Å². The second kappa shape index (κ2) is 4.67. The molecule has 82 valence electrons. The van der Waals surface area contributed by atoms with Crippen LogP contribution in [0.5, 0.6) is 0 Å². The number of nitrogens with one attached hydrogen (secondary N) is 1. The highest BCUT2D eigenvalue weighted by atomic mass is 16.2. The Bertz CT molecular complexity index is 201. The van der Waals surface area contributed by atoms with Gasteiger partial charge in [0.2, 0.25) is 0 Å². The van der Waals surface area contributed by atoms with Gasteiger partial charge in [0.1, 0.15) is 0 Å². The first-order valence-corrected chi connectivity index (χ1v) is 5.63. The maximum absolute atomic E-state index is 11.8. The van der Waals surface area contributed by atoms with Crippen LogP contribution < -0.4 is 5.32 Å². The molecule has 0 unspecified atom stereocenters. The Balaban J connectivity index is 2.36. The monoisotopic (exact) mass is 198 g/mol. The van der Waals surface area contributed by atoms with Gasteiger partial charge in [-0.05, 0) is 33.1 Å². The summed E-state index contributed by atoms with van der Waals surface area (Å²) in [7, 11) is 0. The van der Waals surface area contributed by atoms with Crippen molar-refractivity contribution in [2.45, 2.75) is 52.0 Å². The summed E-state index contributed by atoms with van der Waals surface area (Å²) in [4.78, 5) is 13.7. The molecule has 1 aliphatic rings. The van der Waals surface area contributed by atoms with Gasteiger partial charge in [-0.1, -0.05) is 13.3 Å². The number of likely N-dealkylation sites (tertiary alicyclic amines) is 1. The van der Waals surface area contributed by atoms with Crippen LogP contribution in [0.25, 0.3) is 0 Å². The number of hydrogen-bond donors (Lipinski definition) is 1. The number of hydrogen-bond acceptors (Lipinski definition) is 1. The minimum absolute atomic E-state index is 0.0519. The lowest BCUT2D eigenvalue weighted by Crippen LogP contribution is -2.48. The number of nitrogens with zero attached hydrogens (tertiary/aromatic N) is 1. The van der Waals surface area contributed by atoms with E-state index < -0.39 is 0 Å². The Morgan fingerprint density at radius 3 is 2.71 bits per heavy atom. The highest BCUT2D eigenvalue weighted by Gasteiger charge is 2.34. The van der Waals surface area contributed by atoms with Crippen molar-refractivity contribution in [3.63, 3.8) is 0 Å². The quantitative estimate of drug-likeness (QED) is 0.694. The van der Waals surface area contributed by atoms with E-state index in [9.17, 15) is 4.79 Å². The van der Waals surface area contributed by atoms with Gasteiger partial charge in [-0.3, -0.25) is 0 Å². The molecule has 1 saturated heterocycles. The number of amides is 2. The first-order valence-electron chi connectivity index (χ1n) is 5.63. The van der Waals surface area contributed by atoms with Gasteiger partial charge in [-0.15, -0.1) is 0 Å². The standard InChI is InChI=1S/C11H22N2O/c1-4-5-8-12-10(14)13-9-6-7-11(13,2)3/h4-9H2,1-3H3,(H,12,14). The summed E-state index contributed by atoms with van der Waals surface area (Å²) in [5, 5.41) is 2.97. The molecule has 0 aliphatic carbocycles. The second-order valence-electron chi connectivity index (χ2n) is 4.65. The first-order chi connectivity index (χ1) is 6.58. The van der Waals surface area contributed by atoms with E-state index in [0.29, 0.717) is 0 Å². The predicted molar refractivity (Wildman–Crippen MR) is 58.3 cm³/mol. The lowest BCUT2D eigenvalue weighted by atomic mass is 10.0. The smallest absolute Gasteiger partial charge is 0.317 e. The van der Waals surface area contributed by atoms with Crippen LogP contribution in [0.3, 0.4) is 0 Å². The van der Waals surface area contributed by atoms with Crippen molar-refractivity contribution in [3.05, 3.63) is 0 Å². The molecule has 0 aromatic heterocycles. The molecule has 3 heteroatoms. The van der Waals surface area contributed by atoms with Crippen molar-refractivity contribution in [2.24, 2.45) is 0 Å². The fraction of sp³-hybridized carbons (Fsp3) is 0.909. The number of urea groups is 1. The van der Waals surface area contributed by atoms with Crippen LogP contribution in [0.15, 0.2) is 0 Å². The maximum atomic E-state index is 11.8. The largest absolute Gasteiger partial charge is 0.338 e. The molecule has 1 rings (SSSR count). The molecule has 0 bridgehead atoms. The van der Waals surface area contributed by atoms with E-state index in [1.54, 1.807) is 0 Å². The van der Waals surface area contributed by atoms with E-state index in [1.807, 2.05) is 4.90 Å². The van der Waals surface area contributed by atoms with Crippen LogP contribution in [0.1, 0.15) is 46.5 Å². The number of carbonyl (C=O) groups excluding carboxylic acids is 1. The van der Waals surface area contributed by atoms with E-state index in [4.69, 9.17) is 0 Å². The van der Waals surface area contributed by atoms with E-state index in [1.165, 1.54) is 0 Å². The van der Waals surface area contributed by atoms with E-state index in [0.717, 1.165) is 38.8 Å². The van der Waals surface area contributed by atoms with Crippen molar-refractivity contribution in [1.82, 2.24) is 10.2 Å². The Morgan fingerprint density at radius 2 is 2.21 bits per heavy atom. The summed E-state index contributed by atoms with van der Waals surface area (Å²) >= 11 is 0. The van der Waals surface area contributed by atoms with Crippen LogP contribution in [0.2, 0.25) is 0 Å². The van der Waals surface area contributed by atoms with Crippen LogP contribution in [-0.4, -0.2) is 29.6 Å². The van der Waals surface area contributed by atoms with E-state index >= 15 is 0 Å². The molecular formula is C11H22N2O. The Kier molecular flexibility index (Phi) is 3.78. The third-order valence-corrected chi connectivity index (χ3v) is 2.95. The zero-order valence-electron chi connectivity index (χ0n) is 9.60. The third kappa shape index (κ3) is 2.63. The highest BCUT2D eigenvalue weighted by molar-refractivity contribution is 5.75. The van der Waals surface area contributed by atoms with Crippen LogP contribution >= 0.6 is 0 Å². The van der Waals surface area contributed by atoms with Gasteiger partial charge in [-0.25, -0.2) is 4.79 Å². The Labute approximate surface area is 86.9 Å². The normalized spacial score (nSPS) is 19.8. The number of unbranched alkanes of at least 4 members (excludes halogenated alkanes) is 1. The van der Waals surface area contributed by atoms with Crippen molar-refractivity contribution in [1.29, 1.82) is 0 Å². The average molecular weight is 198 g/mol. The molecule has 0 spiro atoms. The molecule has 0 aromatic carbocycles. The molecule has 14 heavy (non-hydrogen) atoms. The van der Waals surface area contributed by atoms with Crippen LogP contribution in [-0.2, 0) is 0 Å². The lowest BCUT2D eigenvalue weighted by molar-refractivity contribution is 0.165. The molecular weight excluding hydrogens is 176 g/mol. The minimum Gasteiger partial charge on any atom is -0.338 e. The number of rotatable bonds is 3. The van der Waals surface area contributed by atoms with Gasteiger partial charge < -0.3 is 10.2 Å². The average Bonchev–Trinajstić information content (AvgIpc) is 2.45. The molecule has 1 aliphatic heterocycles. The lowest BCUT2D eigenvalue weighted by Gasteiger charge is -2.31. The predicted octanol–water partition coefficient (Wildman–Crippen LogP) is 2.37. The fourth-order valence-corrected chi connectivity index (χ4v) is 1.95. The number of carbonyl (C=O) groups is 1. The van der Waals surface area contributed by atoms with Gasteiger partial charge in [0.05, 0.1) is 0 Å². The summed E-state index contributed by atoms with van der Waals surface area (Å²) in [5.74, 6) is 0. The van der Waals surface area contributed by atoms with Gasteiger partial charge >= 0.3 is 6.03 Å². The molecule has 0 radical (unpaired) electrons. The zero-order chi connectivity index (χ0) is 10.6. The van der Waals surface area contributed by atoms with Gasteiger partial charge in [0.15, 0.2) is 0 Å². The van der Waals surface area contributed by atoms with Crippen LogP contribution in [0.4, 0.5) is 4.79 Å². The minimum atomic E-state index is 0.0519. The first kappa shape index (κ1) is 11.3. The van der Waals surface area contributed by atoms with E-state index in [2.05, 4.69) is 26.1 Å². The molecule has 1 fully saturated rings. The summed E-state index contributed by atoms with van der Waals surface area (Å²) in [5.41, 5.74) is 0.0519.